The van der Waals surface area contributed by atoms with Gasteiger partial charge >= 0.3 is 0 Å². The fraction of sp³-hybridized carbons (Fsp3) is 0.182. The summed E-state index contributed by atoms with van der Waals surface area (Å²) in [5, 5.41) is 4.29. The van der Waals surface area contributed by atoms with Crippen molar-refractivity contribution in [3.05, 3.63) is 52.6 Å². The molecular weight excluding hydrogens is 215 g/mol. The Labute approximate surface area is 92.3 Å². The Morgan fingerprint density at radius 2 is 2.20 bits per heavy atom. The van der Waals surface area contributed by atoms with Gasteiger partial charge in [0, 0.05) is 11.9 Å². The van der Waals surface area contributed by atoms with Gasteiger partial charge in [-0.05, 0) is 24.6 Å². The molecular formula is C11H10ClFN2. The van der Waals surface area contributed by atoms with E-state index in [2.05, 4.69) is 5.10 Å². The van der Waals surface area contributed by atoms with Gasteiger partial charge in [0.05, 0.1) is 11.6 Å². The van der Waals surface area contributed by atoms with Gasteiger partial charge in [0.2, 0.25) is 0 Å². The predicted octanol–water partition coefficient (Wildman–Crippen LogP) is 3.03. The quantitative estimate of drug-likeness (QED) is 0.767. The van der Waals surface area contributed by atoms with Crippen LogP contribution < -0.4 is 0 Å². The number of aryl methyl sites for hydroxylation is 1. The lowest BCUT2D eigenvalue weighted by Gasteiger charge is -2.06. The topological polar surface area (TPSA) is 17.8 Å². The molecule has 2 aromatic rings. The van der Waals surface area contributed by atoms with Crippen LogP contribution in [0.25, 0.3) is 0 Å². The Morgan fingerprint density at radius 3 is 2.87 bits per heavy atom. The molecule has 0 aliphatic rings. The third-order valence-electron chi connectivity index (χ3n) is 2.28. The Balaban J connectivity index is 2.33. The van der Waals surface area contributed by atoms with E-state index in [9.17, 15) is 4.39 Å². The second kappa shape index (κ2) is 4.03. The molecule has 1 heterocycles. The summed E-state index contributed by atoms with van der Waals surface area (Å²) in [6.07, 6.45) is 1.71. The maximum atomic E-state index is 13.1. The van der Waals surface area contributed by atoms with Gasteiger partial charge in [-0.3, -0.25) is 4.68 Å². The molecule has 78 valence electrons. The van der Waals surface area contributed by atoms with E-state index < -0.39 is 0 Å². The van der Waals surface area contributed by atoms with Crippen LogP contribution in [0, 0.1) is 12.7 Å². The number of halogens is 2. The number of rotatable bonds is 2. The van der Waals surface area contributed by atoms with E-state index in [0.717, 1.165) is 11.3 Å². The maximum Gasteiger partial charge on any atom is 0.142 e. The molecule has 0 N–H and O–H groups in total. The summed E-state index contributed by atoms with van der Waals surface area (Å²) < 4.78 is 14.9. The summed E-state index contributed by atoms with van der Waals surface area (Å²) in [4.78, 5) is 0. The average Bonchev–Trinajstić information content (AvgIpc) is 2.60. The van der Waals surface area contributed by atoms with Gasteiger partial charge in [-0.1, -0.05) is 23.7 Å². The van der Waals surface area contributed by atoms with Gasteiger partial charge in [-0.2, -0.15) is 5.10 Å². The molecule has 1 aromatic heterocycles. The van der Waals surface area contributed by atoms with Crippen LogP contribution in [0.1, 0.15) is 11.3 Å². The Morgan fingerprint density at radius 1 is 1.40 bits per heavy atom. The van der Waals surface area contributed by atoms with Crippen molar-refractivity contribution in [3.63, 3.8) is 0 Å². The van der Waals surface area contributed by atoms with Crippen LogP contribution in [0.5, 0.6) is 0 Å². The van der Waals surface area contributed by atoms with E-state index in [1.54, 1.807) is 23.0 Å². The molecule has 0 bridgehead atoms. The minimum absolute atomic E-state index is 0.174. The van der Waals surface area contributed by atoms with Crippen LogP contribution in [0.3, 0.4) is 0 Å². The van der Waals surface area contributed by atoms with Gasteiger partial charge < -0.3 is 0 Å². The standard InChI is InChI=1S/C11H10ClFN2/c1-8-5-6-14-15(8)7-9-3-2-4-10(13)11(9)12/h2-6H,7H2,1H3. The highest BCUT2D eigenvalue weighted by molar-refractivity contribution is 6.31. The summed E-state index contributed by atoms with van der Waals surface area (Å²) >= 11 is 5.85. The normalized spacial score (nSPS) is 10.6. The van der Waals surface area contributed by atoms with Crippen molar-refractivity contribution < 1.29 is 4.39 Å². The predicted molar refractivity (Wildman–Crippen MR) is 57.5 cm³/mol. The molecule has 0 aliphatic carbocycles. The van der Waals surface area contributed by atoms with Crippen LogP contribution in [0.15, 0.2) is 30.5 Å². The summed E-state index contributed by atoms with van der Waals surface area (Å²) in [7, 11) is 0. The molecule has 1 aromatic carbocycles. The number of hydrogen-bond donors (Lipinski definition) is 0. The molecule has 0 saturated heterocycles. The van der Waals surface area contributed by atoms with Crippen LogP contribution in [0.4, 0.5) is 4.39 Å². The van der Waals surface area contributed by atoms with E-state index in [0.29, 0.717) is 6.54 Å². The first kappa shape index (κ1) is 10.2. The van der Waals surface area contributed by atoms with Gasteiger partial charge in [0.1, 0.15) is 5.82 Å². The van der Waals surface area contributed by atoms with Gasteiger partial charge in [0.15, 0.2) is 0 Å². The largest absolute Gasteiger partial charge is 0.265 e. The lowest BCUT2D eigenvalue weighted by molar-refractivity contribution is 0.617. The van der Waals surface area contributed by atoms with E-state index in [1.807, 2.05) is 13.0 Å². The zero-order valence-electron chi connectivity index (χ0n) is 8.24. The first-order chi connectivity index (χ1) is 7.18. The highest BCUT2D eigenvalue weighted by atomic mass is 35.5. The number of benzene rings is 1. The van der Waals surface area contributed by atoms with Crippen molar-refractivity contribution in [2.45, 2.75) is 13.5 Å². The van der Waals surface area contributed by atoms with Crippen LogP contribution in [0.2, 0.25) is 5.02 Å². The van der Waals surface area contributed by atoms with Crippen LogP contribution >= 0.6 is 11.6 Å². The van der Waals surface area contributed by atoms with Gasteiger partial charge in [-0.15, -0.1) is 0 Å². The Bertz CT molecular complexity index is 479. The molecule has 0 aliphatic heterocycles. The second-order valence-corrected chi connectivity index (χ2v) is 3.72. The number of nitrogens with zero attached hydrogens (tertiary/aromatic N) is 2. The first-order valence-corrected chi connectivity index (χ1v) is 4.97. The molecule has 4 heteroatoms. The van der Waals surface area contributed by atoms with E-state index >= 15 is 0 Å². The molecule has 15 heavy (non-hydrogen) atoms. The van der Waals surface area contributed by atoms with Crippen molar-refractivity contribution in [1.82, 2.24) is 9.78 Å². The summed E-state index contributed by atoms with van der Waals surface area (Å²) in [6, 6.07) is 6.69. The van der Waals surface area contributed by atoms with Gasteiger partial charge in [0.25, 0.3) is 0 Å². The number of aromatic nitrogens is 2. The average molecular weight is 225 g/mol. The zero-order valence-corrected chi connectivity index (χ0v) is 9.00. The summed E-state index contributed by atoms with van der Waals surface area (Å²) in [5.74, 6) is -0.390. The Kier molecular flexibility index (Phi) is 2.73. The molecule has 0 saturated carbocycles. The molecule has 0 amide bonds. The molecule has 0 unspecified atom stereocenters. The molecule has 0 radical (unpaired) electrons. The third kappa shape index (κ3) is 2.02. The summed E-state index contributed by atoms with van der Waals surface area (Å²) in [5.41, 5.74) is 1.76. The van der Waals surface area contributed by atoms with Crippen LogP contribution in [-0.2, 0) is 6.54 Å². The van der Waals surface area contributed by atoms with E-state index in [-0.39, 0.29) is 10.8 Å². The molecule has 0 fully saturated rings. The molecule has 0 atom stereocenters. The maximum absolute atomic E-state index is 13.1. The zero-order chi connectivity index (χ0) is 10.8. The SMILES string of the molecule is Cc1ccnn1Cc1cccc(F)c1Cl. The Hall–Kier alpha value is -1.35. The molecule has 0 spiro atoms. The molecule has 2 nitrogen and oxygen atoms in total. The van der Waals surface area contributed by atoms with Crippen LogP contribution in [-0.4, -0.2) is 9.78 Å². The smallest absolute Gasteiger partial charge is 0.142 e. The van der Waals surface area contributed by atoms with Gasteiger partial charge in [-0.25, -0.2) is 4.39 Å². The lowest BCUT2D eigenvalue weighted by Crippen LogP contribution is -2.04. The monoisotopic (exact) mass is 224 g/mol. The second-order valence-electron chi connectivity index (χ2n) is 3.34. The fourth-order valence-electron chi connectivity index (χ4n) is 1.40. The minimum atomic E-state index is -0.390. The first-order valence-electron chi connectivity index (χ1n) is 4.60. The highest BCUT2D eigenvalue weighted by Crippen LogP contribution is 2.20. The number of hydrogen-bond acceptors (Lipinski definition) is 1. The van der Waals surface area contributed by atoms with Crippen molar-refractivity contribution in [2.75, 3.05) is 0 Å². The van der Waals surface area contributed by atoms with E-state index in [4.69, 9.17) is 11.6 Å². The fourth-order valence-corrected chi connectivity index (χ4v) is 1.58. The summed E-state index contributed by atoms with van der Waals surface area (Å²) in [6.45, 7) is 2.44. The third-order valence-corrected chi connectivity index (χ3v) is 2.70. The molecule has 2 rings (SSSR count). The van der Waals surface area contributed by atoms with Crippen molar-refractivity contribution in [3.8, 4) is 0 Å². The lowest BCUT2D eigenvalue weighted by atomic mass is 10.2. The highest BCUT2D eigenvalue weighted by Gasteiger charge is 2.07. The van der Waals surface area contributed by atoms with Crippen molar-refractivity contribution >= 4 is 11.6 Å². The minimum Gasteiger partial charge on any atom is -0.265 e. The van der Waals surface area contributed by atoms with E-state index in [1.165, 1.54) is 6.07 Å². The van der Waals surface area contributed by atoms with Crippen molar-refractivity contribution in [2.24, 2.45) is 0 Å². The van der Waals surface area contributed by atoms with Crippen molar-refractivity contribution in [1.29, 1.82) is 0 Å².